The predicted molar refractivity (Wildman–Crippen MR) is 66.2 cm³/mol. The van der Waals surface area contributed by atoms with Crippen LogP contribution in [0.5, 0.6) is 0 Å². The van der Waals surface area contributed by atoms with Gasteiger partial charge in [0.1, 0.15) is 0 Å². The minimum Gasteiger partial charge on any atom is -0.461 e. The molecule has 17 heavy (non-hydrogen) atoms. The summed E-state index contributed by atoms with van der Waals surface area (Å²) in [7, 11) is 1.67. The first kappa shape index (κ1) is 13.9. The van der Waals surface area contributed by atoms with Crippen LogP contribution in [0.25, 0.3) is 0 Å². The Kier molecular flexibility index (Phi) is 5.94. The van der Waals surface area contributed by atoms with Gasteiger partial charge < -0.3 is 9.15 Å². The maximum absolute atomic E-state index is 11.9. The van der Waals surface area contributed by atoms with E-state index < -0.39 is 0 Å². The van der Waals surface area contributed by atoms with Crippen LogP contribution in [0.1, 0.15) is 30.8 Å². The Balaban J connectivity index is 2.56. The molecule has 1 unspecified atom stereocenters. The topological polar surface area (TPSA) is 42.7 Å². The van der Waals surface area contributed by atoms with E-state index in [1.807, 2.05) is 0 Å². The van der Waals surface area contributed by atoms with Crippen LogP contribution in [0.4, 0.5) is 0 Å². The van der Waals surface area contributed by atoms with E-state index in [1.54, 1.807) is 19.2 Å². The molecule has 1 rings (SSSR count). The lowest BCUT2D eigenvalue weighted by atomic mass is 10.2. The third-order valence-corrected chi connectivity index (χ3v) is 2.94. The van der Waals surface area contributed by atoms with E-state index in [0.717, 1.165) is 13.0 Å². The maximum atomic E-state index is 11.9. The number of hydrogen-bond acceptors (Lipinski definition) is 4. The molecule has 0 radical (unpaired) electrons. The summed E-state index contributed by atoms with van der Waals surface area (Å²) in [5.74, 6) is 0.446. The van der Waals surface area contributed by atoms with Crippen molar-refractivity contribution in [1.29, 1.82) is 0 Å². The lowest BCUT2D eigenvalue weighted by Gasteiger charge is -2.26. The van der Waals surface area contributed by atoms with Gasteiger partial charge in [-0.1, -0.05) is 6.92 Å². The molecule has 0 saturated carbocycles. The van der Waals surface area contributed by atoms with Crippen LogP contribution >= 0.6 is 0 Å². The second-order valence-electron chi connectivity index (χ2n) is 4.12. The molecule has 1 aromatic rings. The van der Waals surface area contributed by atoms with Crippen molar-refractivity contribution in [3.63, 3.8) is 0 Å². The molecule has 0 bridgehead atoms. The third-order valence-electron chi connectivity index (χ3n) is 2.94. The Morgan fingerprint density at radius 2 is 2.35 bits per heavy atom. The third kappa shape index (κ3) is 4.32. The van der Waals surface area contributed by atoms with Gasteiger partial charge in [0.15, 0.2) is 5.76 Å². The quantitative estimate of drug-likeness (QED) is 0.652. The molecule has 0 aliphatic heterocycles. The highest BCUT2D eigenvalue weighted by Gasteiger charge is 2.18. The van der Waals surface area contributed by atoms with Gasteiger partial charge in [0.05, 0.1) is 19.4 Å². The Labute approximate surface area is 103 Å². The summed E-state index contributed by atoms with van der Waals surface area (Å²) in [6, 6.07) is 3.80. The van der Waals surface area contributed by atoms with Gasteiger partial charge in [-0.15, -0.1) is 0 Å². The Morgan fingerprint density at radius 1 is 1.59 bits per heavy atom. The van der Waals surface area contributed by atoms with Gasteiger partial charge in [-0.2, -0.15) is 0 Å². The maximum Gasteiger partial charge on any atom is 0.211 e. The molecule has 0 aliphatic rings. The summed E-state index contributed by atoms with van der Waals surface area (Å²) in [5.41, 5.74) is 0. The highest BCUT2D eigenvalue weighted by molar-refractivity contribution is 5.95. The normalized spacial score (nSPS) is 12.9. The van der Waals surface area contributed by atoms with Crippen LogP contribution in [-0.2, 0) is 4.74 Å². The number of ether oxygens (including phenoxy) is 1. The minimum atomic E-state index is 0.0198. The first-order valence-corrected chi connectivity index (χ1v) is 5.98. The fraction of sp³-hybridized carbons (Fsp3) is 0.615. The number of Topliss-reactive ketones (excluding diaryl/α,β-unsaturated/α-hetero) is 1. The second kappa shape index (κ2) is 7.25. The Hall–Kier alpha value is -1.13. The number of carbonyl (C=O) groups is 1. The van der Waals surface area contributed by atoms with E-state index in [2.05, 4.69) is 18.7 Å². The van der Waals surface area contributed by atoms with Crippen LogP contribution in [0.2, 0.25) is 0 Å². The van der Waals surface area contributed by atoms with Crippen LogP contribution in [-0.4, -0.2) is 43.5 Å². The molecule has 0 aliphatic carbocycles. The lowest BCUT2D eigenvalue weighted by molar-refractivity contribution is 0.0809. The zero-order chi connectivity index (χ0) is 12.7. The monoisotopic (exact) mass is 239 g/mol. The zero-order valence-electron chi connectivity index (χ0n) is 10.8. The van der Waals surface area contributed by atoms with Gasteiger partial charge in [0.25, 0.3) is 0 Å². The summed E-state index contributed by atoms with van der Waals surface area (Å²) >= 11 is 0. The van der Waals surface area contributed by atoms with Gasteiger partial charge in [0, 0.05) is 19.7 Å². The fourth-order valence-electron chi connectivity index (χ4n) is 1.62. The SMILES string of the molecule is CCC(C)N(CCOC)CC(=O)c1ccco1. The Morgan fingerprint density at radius 3 is 2.88 bits per heavy atom. The highest BCUT2D eigenvalue weighted by atomic mass is 16.5. The minimum absolute atomic E-state index is 0.0198. The number of carbonyl (C=O) groups excluding carboxylic acids is 1. The molecule has 0 aromatic carbocycles. The fourth-order valence-corrected chi connectivity index (χ4v) is 1.62. The van der Waals surface area contributed by atoms with Crippen molar-refractivity contribution in [2.75, 3.05) is 26.8 Å². The molecule has 0 amide bonds. The molecular formula is C13H21NO3. The van der Waals surface area contributed by atoms with Crippen molar-refractivity contribution >= 4 is 5.78 Å². The Bertz CT molecular complexity index is 321. The molecule has 4 nitrogen and oxygen atoms in total. The van der Waals surface area contributed by atoms with Gasteiger partial charge in [-0.25, -0.2) is 0 Å². The van der Waals surface area contributed by atoms with Crippen LogP contribution in [0, 0.1) is 0 Å². The number of nitrogens with zero attached hydrogens (tertiary/aromatic N) is 1. The summed E-state index contributed by atoms with van der Waals surface area (Å²) in [6.45, 7) is 6.01. The van der Waals surface area contributed by atoms with Crippen LogP contribution in [0.15, 0.2) is 22.8 Å². The standard InChI is InChI=1S/C13H21NO3/c1-4-11(2)14(7-9-16-3)10-12(15)13-6-5-8-17-13/h5-6,8,11H,4,7,9-10H2,1-3H3. The molecule has 0 saturated heterocycles. The van der Waals surface area contributed by atoms with Crippen molar-refractivity contribution in [2.24, 2.45) is 0 Å². The lowest BCUT2D eigenvalue weighted by Crippen LogP contribution is -2.39. The molecule has 96 valence electrons. The van der Waals surface area contributed by atoms with Crippen molar-refractivity contribution in [3.05, 3.63) is 24.2 Å². The average molecular weight is 239 g/mol. The number of ketones is 1. The van der Waals surface area contributed by atoms with Crippen LogP contribution in [0.3, 0.4) is 0 Å². The molecule has 1 aromatic heterocycles. The zero-order valence-corrected chi connectivity index (χ0v) is 10.8. The van der Waals surface area contributed by atoms with Gasteiger partial charge in [-0.3, -0.25) is 9.69 Å². The summed E-state index contributed by atoms with van der Waals surface area (Å²) in [5, 5.41) is 0. The van der Waals surface area contributed by atoms with E-state index in [0.29, 0.717) is 25.0 Å². The molecule has 4 heteroatoms. The molecule has 0 spiro atoms. The number of furan rings is 1. The molecule has 0 N–H and O–H groups in total. The number of methoxy groups -OCH3 is 1. The molecular weight excluding hydrogens is 218 g/mol. The summed E-state index contributed by atoms with van der Waals surface area (Å²) < 4.78 is 10.2. The first-order valence-electron chi connectivity index (χ1n) is 5.98. The number of hydrogen-bond donors (Lipinski definition) is 0. The average Bonchev–Trinajstić information content (AvgIpc) is 2.87. The predicted octanol–water partition coefficient (Wildman–Crippen LogP) is 2.21. The van der Waals surface area contributed by atoms with Gasteiger partial charge in [-0.05, 0) is 25.5 Å². The van der Waals surface area contributed by atoms with Gasteiger partial charge in [0.2, 0.25) is 5.78 Å². The van der Waals surface area contributed by atoms with E-state index in [-0.39, 0.29) is 5.78 Å². The van der Waals surface area contributed by atoms with E-state index in [1.165, 1.54) is 6.26 Å². The largest absolute Gasteiger partial charge is 0.461 e. The molecule has 0 fully saturated rings. The van der Waals surface area contributed by atoms with Crippen LogP contribution < -0.4 is 0 Å². The van der Waals surface area contributed by atoms with Crippen molar-refractivity contribution in [2.45, 2.75) is 26.3 Å². The van der Waals surface area contributed by atoms with E-state index >= 15 is 0 Å². The second-order valence-corrected chi connectivity index (χ2v) is 4.12. The van der Waals surface area contributed by atoms with Crippen molar-refractivity contribution in [1.82, 2.24) is 4.90 Å². The smallest absolute Gasteiger partial charge is 0.211 e. The number of rotatable bonds is 8. The molecule has 1 atom stereocenters. The first-order chi connectivity index (χ1) is 8.19. The van der Waals surface area contributed by atoms with Crippen molar-refractivity contribution in [3.8, 4) is 0 Å². The summed E-state index contributed by atoms with van der Waals surface area (Å²) in [4.78, 5) is 14.0. The highest BCUT2D eigenvalue weighted by Crippen LogP contribution is 2.07. The van der Waals surface area contributed by atoms with E-state index in [4.69, 9.17) is 9.15 Å². The van der Waals surface area contributed by atoms with Gasteiger partial charge >= 0.3 is 0 Å². The van der Waals surface area contributed by atoms with Crippen molar-refractivity contribution < 1.29 is 13.9 Å². The summed E-state index contributed by atoms with van der Waals surface area (Å²) in [6.07, 6.45) is 2.53. The van der Waals surface area contributed by atoms with E-state index in [9.17, 15) is 4.79 Å². The molecule has 1 heterocycles.